The molecular formula is C16H16N4O. The Kier molecular flexibility index (Phi) is 3.75. The Balaban J connectivity index is 1.73. The van der Waals surface area contributed by atoms with E-state index >= 15 is 0 Å². The van der Waals surface area contributed by atoms with E-state index in [4.69, 9.17) is 0 Å². The second-order valence-electron chi connectivity index (χ2n) is 4.91. The predicted molar refractivity (Wildman–Crippen MR) is 81.9 cm³/mol. The van der Waals surface area contributed by atoms with Gasteiger partial charge in [0, 0.05) is 30.4 Å². The quantitative estimate of drug-likeness (QED) is 0.766. The highest BCUT2D eigenvalue weighted by Crippen LogP contribution is 2.09. The molecule has 2 aromatic heterocycles. The van der Waals surface area contributed by atoms with E-state index in [1.54, 1.807) is 6.20 Å². The molecule has 2 N–H and O–H groups in total. The lowest BCUT2D eigenvalue weighted by molar-refractivity contribution is 0.671. The summed E-state index contributed by atoms with van der Waals surface area (Å²) in [5.41, 5.74) is 2.44. The molecule has 3 aromatic rings. The molecule has 0 atom stereocenters. The Morgan fingerprint density at radius 1 is 1.19 bits per heavy atom. The summed E-state index contributed by atoms with van der Waals surface area (Å²) in [6.45, 7) is 2.97. The zero-order valence-electron chi connectivity index (χ0n) is 11.8. The number of H-pyrrole nitrogens is 1. The maximum Gasteiger partial charge on any atom is 0.252 e. The van der Waals surface area contributed by atoms with Gasteiger partial charge in [-0.25, -0.2) is 9.97 Å². The lowest BCUT2D eigenvalue weighted by Gasteiger charge is -2.06. The largest absolute Gasteiger partial charge is 0.322 e. The first-order valence-corrected chi connectivity index (χ1v) is 6.82. The SMILES string of the molecule is Cc1nccc(CNCc2cc3ccccc3[nH]c2=O)n1. The van der Waals surface area contributed by atoms with Crippen molar-refractivity contribution in [2.24, 2.45) is 0 Å². The van der Waals surface area contributed by atoms with Crippen LogP contribution in [0.3, 0.4) is 0 Å². The van der Waals surface area contributed by atoms with Gasteiger partial charge in [-0.1, -0.05) is 18.2 Å². The minimum Gasteiger partial charge on any atom is -0.322 e. The first-order valence-electron chi connectivity index (χ1n) is 6.82. The summed E-state index contributed by atoms with van der Waals surface area (Å²) in [4.78, 5) is 23.3. The molecule has 0 radical (unpaired) electrons. The van der Waals surface area contributed by atoms with Gasteiger partial charge in [0.25, 0.3) is 5.56 Å². The number of benzene rings is 1. The summed E-state index contributed by atoms with van der Waals surface area (Å²) in [6, 6.07) is 11.5. The van der Waals surface area contributed by atoms with E-state index in [2.05, 4.69) is 20.3 Å². The molecule has 0 spiro atoms. The normalized spacial score (nSPS) is 10.9. The third-order valence-electron chi connectivity index (χ3n) is 3.29. The maximum atomic E-state index is 12.0. The van der Waals surface area contributed by atoms with Crippen molar-refractivity contribution in [2.45, 2.75) is 20.0 Å². The minimum absolute atomic E-state index is 0.0555. The van der Waals surface area contributed by atoms with Crippen molar-refractivity contribution >= 4 is 10.9 Å². The zero-order chi connectivity index (χ0) is 14.7. The highest BCUT2D eigenvalue weighted by Gasteiger charge is 2.03. The van der Waals surface area contributed by atoms with Gasteiger partial charge in [0.1, 0.15) is 5.82 Å². The van der Waals surface area contributed by atoms with Crippen LogP contribution in [0.15, 0.2) is 47.4 Å². The van der Waals surface area contributed by atoms with Crippen LogP contribution in [0.5, 0.6) is 0 Å². The lowest BCUT2D eigenvalue weighted by Crippen LogP contribution is -2.21. The smallest absolute Gasteiger partial charge is 0.252 e. The molecule has 0 bridgehead atoms. The summed E-state index contributed by atoms with van der Waals surface area (Å²) >= 11 is 0. The fourth-order valence-corrected chi connectivity index (χ4v) is 2.25. The fourth-order valence-electron chi connectivity index (χ4n) is 2.25. The molecule has 5 nitrogen and oxygen atoms in total. The second-order valence-corrected chi connectivity index (χ2v) is 4.91. The third kappa shape index (κ3) is 3.14. The van der Waals surface area contributed by atoms with Crippen LogP contribution in [-0.2, 0) is 13.1 Å². The van der Waals surface area contributed by atoms with E-state index in [9.17, 15) is 4.79 Å². The van der Waals surface area contributed by atoms with Crippen molar-refractivity contribution in [1.82, 2.24) is 20.3 Å². The van der Waals surface area contributed by atoms with Gasteiger partial charge in [-0.15, -0.1) is 0 Å². The van der Waals surface area contributed by atoms with Crippen molar-refractivity contribution in [2.75, 3.05) is 0 Å². The molecule has 1 aromatic carbocycles. The molecule has 0 aliphatic rings. The van der Waals surface area contributed by atoms with Gasteiger partial charge in [-0.05, 0) is 30.5 Å². The van der Waals surface area contributed by atoms with Crippen molar-refractivity contribution in [3.8, 4) is 0 Å². The standard InChI is InChI=1S/C16H16N4O/c1-11-18-7-6-14(19-11)10-17-9-13-8-12-4-2-3-5-15(12)20-16(13)21/h2-8,17H,9-10H2,1H3,(H,20,21). The number of pyridine rings is 1. The summed E-state index contributed by atoms with van der Waals surface area (Å²) in [5, 5.41) is 4.27. The van der Waals surface area contributed by atoms with Gasteiger partial charge in [0.15, 0.2) is 0 Å². The summed E-state index contributed by atoms with van der Waals surface area (Å²) < 4.78 is 0. The molecule has 0 saturated carbocycles. The Morgan fingerprint density at radius 2 is 2.05 bits per heavy atom. The highest BCUT2D eigenvalue weighted by atomic mass is 16.1. The molecular weight excluding hydrogens is 264 g/mol. The van der Waals surface area contributed by atoms with Crippen LogP contribution in [0.4, 0.5) is 0 Å². The highest BCUT2D eigenvalue weighted by molar-refractivity contribution is 5.78. The van der Waals surface area contributed by atoms with Crippen LogP contribution in [-0.4, -0.2) is 15.0 Å². The van der Waals surface area contributed by atoms with Gasteiger partial charge in [-0.3, -0.25) is 4.79 Å². The predicted octanol–water partition coefficient (Wildman–Crippen LogP) is 1.92. The van der Waals surface area contributed by atoms with Gasteiger partial charge >= 0.3 is 0 Å². The lowest BCUT2D eigenvalue weighted by atomic mass is 10.1. The van der Waals surface area contributed by atoms with Crippen LogP contribution in [0.25, 0.3) is 10.9 Å². The molecule has 2 heterocycles. The summed E-state index contributed by atoms with van der Waals surface area (Å²) in [7, 11) is 0. The van der Waals surface area contributed by atoms with Gasteiger partial charge in [0.05, 0.1) is 5.69 Å². The molecule has 106 valence electrons. The molecule has 0 saturated heterocycles. The Bertz CT molecular complexity index is 826. The van der Waals surface area contributed by atoms with Crippen LogP contribution in [0.1, 0.15) is 17.1 Å². The zero-order valence-corrected chi connectivity index (χ0v) is 11.8. The fraction of sp³-hybridized carbons (Fsp3) is 0.188. The number of nitrogens with zero attached hydrogens (tertiary/aromatic N) is 2. The Morgan fingerprint density at radius 3 is 2.90 bits per heavy atom. The van der Waals surface area contributed by atoms with Gasteiger partial charge in [0.2, 0.25) is 0 Å². The molecule has 3 rings (SSSR count). The average molecular weight is 280 g/mol. The summed E-state index contributed by atoms with van der Waals surface area (Å²) in [5.74, 6) is 0.748. The average Bonchev–Trinajstić information content (AvgIpc) is 2.48. The van der Waals surface area contributed by atoms with Crippen LogP contribution in [0.2, 0.25) is 0 Å². The second kappa shape index (κ2) is 5.85. The van der Waals surface area contributed by atoms with Gasteiger partial charge in [-0.2, -0.15) is 0 Å². The molecule has 0 aliphatic carbocycles. The number of aromatic nitrogens is 3. The molecule has 0 fully saturated rings. The molecule has 0 amide bonds. The number of aromatic amines is 1. The van der Waals surface area contributed by atoms with E-state index in [1.807, 2.05) is 43.3 Å². The van der Waals surface area contributed by atoms with Crippen molar-refractivity contribution in [1.29, 1.82) is 0 Å². The number of nitrogens with one attached hydrogen (secondary N) is 2. The Hall–Kier alpha value is -2.53. The monoisotopic (exact) mass is 280 g/mol. The van der Waals surface area contributed by atoms with E-state index in [0.29, 0.717) is 13.1 Å². The van der Waals surface area contributed by atoms with Crippen molar-refractivity contribution in [3.05, 3.63) is 70.0 Å². The molecule has 21 heavy (non-hydrogen) atoms. The third-order valence-corrected chi connectivity index (χ3v) is 3.29. The number of para-hydroxylation sites is 1. The van der Waals surface area contributed by atoms with Crippen LogP contribution >= 0.6 is 0 Å². The van der Waals surface area contributed by atoms with Crippen LogP contribution < -0.4 is 10.9 Å². The number of fused-ring (bicyclic) bond motifs is 1. The van der Waals surface area contributed by atoms with Crippen molar-refractivity contribution < 1.29 is 0 Å². The molecule has 5 heteroatoms. The number of rotatable bonds is 4. The Labute approximate surface area is 122 Å². The van der Waals surface area contributed by atoms with Crippen molar-refractivity contribution in [3.63, 3.8) is 0 Å². The summed E-state index contributed by atoms with van der Waals surface area (Å²) in [6.07, 6.45) is 1.74. The van der Waals surface area contributed by atoms with Crippen LogP contribution in [0, 0.1) is 6.92 Å². The van der Waals surface area contributed by atoms with Gasteiger partial charge < -0.3 is 10.3 Å². The van der Waals surface area contributed by atoms with E-state index < -0.39 is 0 Å². The number of aryl methyl sites for hydroxylation is 1. The topological polar surface area (TPSA) is 70.7 Å². The number of hydrogen-bond donors (Lipinski definition) is 2. The van der Waals surface area contributed by atoms with E-state index in [1.165, 1.54) is 0 Å². The first kappa shape index (κ1) is 13.5. The van der Waals surface area contributed by atoms with E-state index in [0.717, 1.165) is 28.0 Å². The molecule has 0 aliphatic heterocycles. The maximum absolute atomic E-state index is 12.0. The molecule has 0 unspecified atom stereocenters. The first-order chi connectivity index (χ1) is 10.2. The van der Waals surface area contributed by atoms with E-state index in [-0.39, 0.29) is 5.56 Å². The number of hydrogen-bond acceptors (Lipinski definition) is 4. The minimum atomic E-state index is -0.0555.